The summed E-state index contributed by atoms with van der Waals surface area (Å²) in [6.45, 7) is 0. The van der Waals surface area contributed by atoms with Crippen LogP contribution in [0.4, 0.5) is 5.95 Å². The molecule has 0 aliphatic carbocycles. The number of carbonyl (C=O) groups is 1. The van der Waals surface area contributed by atoms with Crippen molar-refractivity contribution in [2.75, 3.05) is 5.32 Å². The Morgan fingerprint density at radius 1 is 1.35 bits per heavy atom. The van der Waals surface area contributed by atoms with Crippen LogP contribution in [-0.4, -0.2) is 35.7 Å². The van der Waals surface area contributed by atoms with Gasteiger partial charge in [0.15, 0.2) is 11.5 Å². The lowest BCUT2D eigenvalue weighted by Gasteiger charge is -2.02. The Labute approximate surface area is 100 Å². The zero-order valence-corrected chi connectivity index (χ0v) is 9.17. The Hall–Kier alpha value is -2.29. The molecule has 1 aromatic carbocycles. The molecular formula is C8H7N5O3S. The van der Waals surface area contributed by atoms with Gasteiger partial charge in [0, 0.05) is 5.56 Å². The van der Waals surface area contributed by atoms with E-state index in [0.717, 1.165) is 10.3 Å². The monoisotopic (exact) mass is 253 g/mol. The summed E-state index contributed by atoms with van der Waals surface area (Å²) in [5.41, 5.74) is 0.149. The van der Waals surface area contributed by atoms with E-state index in [1.807, 2.05) is 0 Å². The highest BCUT2D eigenvalue weighted by Gasteiger charge is 2.11. The summed E-state index contributed by atoms with van der Waals surface area (Å²) in [4.78, 5) is 11.6. The molecule has 0 spiro atoms. The molecule has 1 amide bonds. The largest absolute Gasteiger partial charge is 0.504 e. The molecule has 2 aromatic rings. The summed E-state index contributed by atoms with van der Waals surface area (Å²) in [5.74, 6) is -1.25. The zero-order valence-electron chi connectivity index (χ0n) is 8.27. The summed E-state index contributed by atoms with van der Waals surface area (Å²) < 4.78 is 0.893. The Morgan fingerprint density at radius 2 is 2.12 bits per heavy atom. The summed E-state index contributed by atoms with van der Waals surface area (Å²) >= 11 is 3.75. The van der Waals surface area contributed by atoms with Gasteiger partial charge in [0.1, 0.15) is 0 Å². The number of rotatable bonds is 2. The SMILES string of the molecule is O=C(Nc1nnn(S)n1)c1ccc(O)c(O)c1. The number of phenols is 2. The zero-order chi connectivity index (χ0) is 12.4. The van der Waals surface area contributed by atoms with Crippen LogP contribution in [0.15, 0.2) is 18.2 Å². The van der Waals surface area contributed by atoms with Crippen LogP contribution in [0.1, 0.15) is 10.4 Å². The summed E-state index contributed by atoms with van der Waals surface area (Å²) in [5, 5.41) is 31.2. The number of hydrogen-bond donors (Lipinski definition) is 4. The lowest BCUT2D eigenvalue weighted by molar-refractivity contribution is 0.102. The second-order valence-electron chi connectivity index (χ2n) is 3.04. The molecule has 0 unspecified atom stereocenters. The third-order valence-electron chi connectivity index (χ3n) is 1.87. The Morgan fingerprint density at radius 3 is 2.71 bits per heavy atom. The van der Waals surface area contributed by atoms with Crippen LogP contribution >= 0.6 is 12.8 Å². The highest BCUT2D eigenvalue weighted by Crippen LogP contribution is 2.24. The van der Waals surface area contributed by atoms with E-state index in [-0.39, 0.29) is 23.0 Å². The minimum absolute atomic E-state index is 0.0161. The van der Waals surface area contributed by atoms with E-state index >= 15 is 0 Å². The predicted octanol–water partition coefficient (Wildman–Crippen LogP) is 0.0295. The minimum atomic E-state index is -0.540. The molecule has 0 radical (unpaired) electrons. The van der Waals surface area contributed by atoms with Crippen LogP contribution in [0.3, 0.4) is 0 Å². The van der Waals surface area contributed by atoms with Crippen LogP contribution in [0.25, 0.3) is 0 Å². The number of anilines is 1. The molecule has 9 heteroatoms. The van der Waals surface area contributed by atoms with Gasteiger partial charge in [-0.1, -0.05) is 5.10 Å². The standard InChI is InChI=1S/C8H7N5O3S/c14-5-2-1-4(3-6(5)15)7(16)9-8-10-12-13(17)11-8/h1-3,14-15,17H,(H,9,11,16). The Kier molecular flexibility index (Phi) is 2.83. The molecule has 0 aliphatic heterocycles. The molecule has 0 aliphatic rings. The second kappa shape index (κ2) is 4.29. The molecule has 2 rings (SSSR count). The fourth-order valence-corrected chi connectivity index (χ4v) is 1.22. The molecule has 0 atom stereocenters. The van der Waals surface area contributed by atoms with Crippen molar-refractivity contribution >= 4 is 24.7 Å². The number of thiol groups is 1. The number of amides is 1. The predicted molar refractivity (Wildman–Crippen MR) is 59.9 cm³/mol. The van der Waals surface area contributed by atoms with Crippen molar-refractivity contribution in [1.82, 2.24) is 19.6 Å². The first-order valence-corrected chi connectivity index (χ1v) is 4.79. The number of phenolic OH excluding ortho intramolecular Hbond substituents is 2. The summed E-state index contributed by atoms with van der Waals surface area (Å²) in [6, 6.07) is 3.67. The molecule has 8 nitrogen and oxygen atoms in total. The van der Waals surface area contributed by atoms with Gasteiger partial charge in [0.25, 0.3) is 11.9 Å². The normalized spacial score (nSPS) is 10.2. The topological polar surface area (TPSA) is 113 Å². The first kappa shape index (κ1) is 11.2. The van der Waals surface area contributed by atoms with Gasteiger partial charge in [0.2, 0.25) is 0 Å². The fraction of sp³-hybridized carbons (Fsp3) is 0. The Balaban J connectivity index is 2.17. The van der Waals surface area contributed by atoms with E-state index in [0.29, 0.717) is 0 Å². The Bertz CT molecular complexity index is 570. The number of benzene rings is 1. The van der Waals surface area contributed by atoms with Gasteiger partial charge >= 0.3 is 0 Å². The van der Waals surface area contributed by atoms with Gasteiger partial charge in [-0.2, -0.15) is 0 Å². The number of hydrogen-bond acceptors (Lipinski definition) is 7. The van der Waals surface area contributed by atoms with Crippen LogP contribution < -0.4 is 5.32 Å². The fourth-order valence-electron chi connectivity index (χ4n) is 1.10. The number of nitrogens with one attached hydrogen (secondary N) is 1. The second-order valence-corrected chi connectivity index (χ2v) is 3.40. The van der Waals surface area contributed by atoms with Crippen LogP contribution in [-0.2, 0) is 0 Å². The van der Waals surface area contributed by atoms with E-state index in [9.17, 15) is 9.90 Å². The average molecular weight is 253 g/mol. The van der Waals surface area contributed by atoms with Gasteiger partial charge in [0.05, 0.1) is 0 Å². The number of aromatic hydroxyl groups is 2. The maximum absolute atomic E-state index is 11.6. The van der Waals surface area contributed by atoms with Crippen molar-refractivity contribution in [2.45, 2.75) is 0 Å². The van der Waals surface area contributed by atoms with Crippen molar-refractivity contribution in [3.63, 3.8) is 0 Å². The van der Waals surface area contributed by atoms with E-state index in [1.165, 1.54) is 12.1 Å². The van der Waals surface area contributed by atoms with E-state index in [1.54, 1.807) is 0 Å². The van der Waals surface area contributed by atoms with Gasteiger partial charge < -0.3 is 10.2 Å². The number of aromatic nitrogens is 4. The van der Waals surface area contributed by atoms with Gasteiger partial charge in [-0.25, -0.2) is 0 Å². The summed E-state index contributed by atoms with van der Waals surface area (Å²) in [7, 11) is 0. The third-order valence-corrected chi connectivity index (χ3v) is 2.04. The van der Waals surface area contributed by atoms with Crippen molar-refractivity contribution in [3.8, 4) is 11.5 Å². The molecule has 0 saturated heterocycles. The molecule has 3 N–H and O–H groups in total. The van der Waals surface area contributed by atoms with Crippen molar-refractivity contribution in [3.05, 3.63) is 23.8 Å². The smallest absolute Gasteiger partial charge is 0.271 e. The molecule has 0 fully saturated rings. The van der Waals surface area contributed by atoms with Crippen LogP contribution in [0, 0.1) is 0 Å². The van der Waals surface area contributed by atoms with Gasteiger partial charge in [-0.3, -0.25) is 10.1 Å². The molecule has 88 valence electrons. The molecule has 1 heterocycles. The number of nitrogens with zero attached hydrogens (tertiary/aromatic N) is 4. The van der Waals surface area contributed by atoms with Crippen LogP contribution in [0.5, 0.6) is 11.5 Å². The average Bonchev–Trinajstić information content (AvgIpc) is 2.68. The van der Waals surface area contributed by atoms with E-state index < -0.39 is 5.91 Å². The first-order valence-electron chi connectivity index (χ1n) is 4.39. The van der Waals surface area contributed by atoms with E-state index in [2.05, 4.69) is 33.5 Å². The molecule has 17 heavy (non-hydrogen) atoms. The molecule has 1 aromatic heterocycles. The summed E-state index contributed by atoms with van der Waals surface area (Å²) in [6.07, 6.45) is 0. The maximum atomic E-state index is 11.6. The molecule has 0 saturated carbocycles. The van der Waals surface area contributed by atoms with Crippen molar-refractivity contribution in [2.24, 2.45) is 0 Å². The lowest BCUT2D eigenvalue weighted by atomic mass is 10.2. The van der Waals surface area contributed by atoms with Gasteiger partial charge in [-0.15, -0.1) is 9.30 Å². The minimum Gasteiger partial charge on any atom is -0.504 e. The highest BCUT2D eigenvalue weighted by molar-refractivity contribution is 7.78. The third kappa shape index (κ3) is 2.45. The lowest BCUT2D eigenvalue weighted by Crippen LogP contribution is -2.13. The maximum Gasteiger partial charge on any atom is 0.271 e. The highest BCUT2D eigenvalue weighted by atomic mass is 32.1. The molecular weight excluding hydrogens is 246 g/mol. The number of carbonyl (C=O) groups excluding carboxylic acids is 1. The quantitative estimate of drug-likeness (QED) is 0.443. The molecule has 0 bridgehead atoms. The number of tetrazole rings is 1. The van der Waals surface area contributed by atoms with Crippen LogP contribution in [0.2, 0.25) is 0 Å². The van der Waals surface area contributed by atoms with Gasteiger partial charge in [-0.05, 0) is 36.2 Å². The first-order chi connectivity index (χ1) is 8.06. The van der Waals surface area contributed by atoms with E-state index in [4.69, 9.17) is 5.11 Å². The van der Waals surface area contributed by atoms with Crippen molar-refractivity contribution in [1.29, 1.82) is 0 Å². The van der Waals surface area contributed by atoms with Crippen molar-refractivity contribution < 1.29 is 15.0 Å².